The molecule has 1 fully saturated rings. The Morgan fingerprint density at radius 1 is 1.45 bits per heavy atom. The summed E-state index contributed by atoms with van der Waals surface area (Å²) in [6.45, 7) is 1.90. The van der Waals surface area contributed by atoms with Gasteiger partial charge in [-0.15, -0.1) is 0 Å². The van der Waals surface area contributed by atoms with Gasteiger partial charge in [0.25, 0.3) is 0 Å². The summed E-state index contributed by atoms with van der Waals surface area (Å²) < 4.78 is 38.4. The van der Waals surface area contributed by atoms with Gasteiger partial charge in [-0.05, 0) is 46.7 Å². The quantitative estimate of drug-likeness (QED) is 0.665. The molecule has 2 rings (SSSR count). The molecule has 1 aliphatic heterocycles. The van der Waals surface area contributed by atoms with Crippen molar-refractivity contribution in [3.05, 3.63) is 27.3 Å². The Bertz CT molecular complexity index is 606. The number of carbonyl (C=O) groups is 2. The second-order valence-electron chi connectivity index (χ2n) is 5.04. The van der Waals surface area contributed by atoms with Gasteiger partial charge in [0.1, 0.15) is 0 Å². The van der Waals surface area contributed by atoms with E-state index in [1.807, 2.05) is 22.6 Å². The van der Waals surface area contributed by atoms with Crippen LogP contribution in [0.2, 0.25) is 0 Å². The number of thioether (sulfide) groups is 1. The lowest BCUT2D eigenvalue weighted by Crippen LogP contribution is -2.26. The Hall–Kier alpha value is -0.770. The highest BCUT2D eigenvalue weighted by Gasteiger charge is 2.34. The molecule has 1 aromatic rings. The average molecular weight is 443 g/mol. The van der Waals surface area contributed by atoms with Crippen LogP contribution in [-0.2, 0) is 15.8 Å². The van der Waals surface area contributed by atoms with Crippen molar-refractivity contribution in [1.82, 2.24) is 0 Å². The fourth-order valence-electron chi connectivity index (χ4n) is 2.26. The highest BCUT2D eigenvalue weighted by molar-refractivity contribution is 14.1. The summed E-state index contributed by atoms with van der Waals surface area (Å²) in [4.78, 5) is 24.6. The minimum absolute atomic E-state index is 0.00462. The van der Waals surface area contributed by atoms with E-state index >= 15 is 0 Å². The van der Waals surface area contributed by atoms with Crippen LogP contribution in [-0.4, -0.2) is 23.3 Å². The number of hydrogen-bond donors (Lipinski definition) is 0. The third kappa shape index (κ3) is 4.15. The Labute approximate surface area is 143 Å². The molecule has 0 aromatic heterocycles. The maximum absolute atomic E-state index is 12.7. The summed E-state index contributed by atoms with van der Waals surface area (Å²) in [5.41, 5.74) is -0.232. The summed E-state index contributed by atoms with van der Waals surface area (Å²) in [7, 11) is 0. The van der Waals surface area contributed by atoms with Crippen molar-refractivity contribution in [3.8, 4) is 0 Å². The number of carbonyl (C=O) groups excluding carboxylic acids is 2. The van der Waals surface area contributed by atoms with Crippen LogP contribution in [0.3, 0.4) is 0 Å². The number of benzene rings is 1. The number of hydrogen-bond acceptors (Lipinski definition) is 3. The maximum Gasteiger partial charge on any atom is 0.416 e. The summed E-state index contributed by atoms with van der Waals surface area (Å²) >= 11 is 2.98. The Morgan fingerprint density at radius 3 is 2.68 bits per heavy atom. The van der Waals surface area contributed by atoms with Crippen LogP contribution in [0.25, 0.3) is 0 Å². The van der Waals surface area contributed by atoms with Gasteiger partial charge in [0.2, 0.25) is 5.91 Å². The van der Waals surface area contributed by atoms with E-state index in [2.05, 4.69) is 0 Å². The monoisotopic (exact) mass is 443 g/mol. The van der Waals surface area contributed by atoms with Crippen molar-refractivity contribution in [3.63, 3.8) is 0 Å². The van der Waals surface area contributed by atoms with Crippen LogP contribution < -0.4 is 4.90 Å². The molecular formula is C14H13F3INO2S. The van der Waals surface area contributed by atoms with Crippen molar-refractivity contribution >= 4 is 51.1 Å². The Balaban J connectivity index is 2.15. The van der Waals surface area contributed by atoms with Crippen LogP contribution >= 0.6 is 34.4 Å². The standard InChI is InChI=1S/C14H13F3INO2S/c1-8(20)22-7-9-4-13(21)19(6-9)12-3-2-10(5-11(12)18)14(15,16)17/h2-3,5,9H,4,6-7H2,1H3. The Kier molecular flexibility index (Phi) is 5.41. The number of amides is 1. The van der Waals surface area contributed by atoms with E-state index in [-0.39, 0.29) is 16.9 Å². The van der Waals surface area contributed by atoms with Crippen LogP contribution in [0.4, 0.5) is 18.9 Å². The van der Waals surface area contributed by atoms with E-state index < -0.39 is 11.7 Å². The van der Waals surface area contributed by atoms with Gasteiger partial charge in [-0.1, -0.05) is 11.8 Å². The molecule has 1 aromatic carbocycles. The lowest BCUT2D eigenvalue weighted by Gasteiger charge is -2.19. The number of alkyl halides is 3. The molecule has 0 N–H and O–H groups in total. The van der Waals surface area contributed by atoms with E-state index in [0.29, 0.717) is 28.0 Å². The lowest BCUT2D eigenvalue weighted by molar-refractivity contribution is -0.137. The highest BCUT2D eigenvalue weighted by atomic mass is 127. The van der Waals surface area contributed by atoms with Gasteiger partial charge in [0, 0.05) is 29.2 Å². The van der Waals surface area contributed by atoms with E-state index in [9.17, 15) is 22.8 Å². The van der Waals surface area contributed by atoms with Gasteiger partial charge < -0.3 is 4.90 Å². The Morgan fingerprint density at radius 2 is 2.14 bits per heavy atom. The first-order chi connectivity index (χ1) is 10.2. The molecule has 0 saturated carbocycles. The third-order valence-corrected chi connectivity index (χ3v) is 5.20. The predicted molar refractivity (Wildman–Crippen MR) is 87.8 cm³/mol. The van der Waals surface area contributed by atoms with E-state index in [1.54, 1.807) is 0 Å². The molecule has 1 heterocycles. The second kappa shape index (κ2) is 6.77. The number of halogens is 4. The van der Waals surface area contributed by atoms with Crippen molar-refractivity contribution < 1.29 is 22.8 Å². The minimum atomic E-state index is -4.39. The molecule has 8 heteroatoms. The number of anilines is 1. The lowest BCUT2D eigenvalue weighted by atomic mass is 10.1. The zero-order valence-electron chi connectivity index (χ0n) is 11.6. The molecule has 1 aliphatic rings. The fraction of sp³-hybridized carbons (Fsp3) is 0.429. The molecule has 1 atom stereocenters. The van der Waals surface area contributed by atoms with E-state index in [0.717, 1.165) is 12.1 Å². The molecule has 0 radical (unpaired) electrons. The zero-order chi connectivity index (χ0) is 16.5. The fourth-order valence-corrected chi connectivity index (χ4v) is 3.76. The highest BCUT2D eigenvalue weighted by Crippen LogP contribution is 2.35. The van der Waals surface area contributed by atoms with Crippen LogP contribution in [0.15, 0.2) is 18.2 Å². The first kappa shape index (κ1) is 17.6. The SMILES string of the molecule is CC(=O)SCC1CC(=O)N(c2ccc(C(F)(F)F)cc2I)C1. The van der Waals surface area contributed by atoms with Gasteiger partial charge in [0.05, 0.1) is 11.3 Å². The number of rotatable bonds is 3. The first-order valence-corrected chi connectivity index (χ1v) is 8.55. The zero-order valence-corrected chi connectivity index (χ0v) is 14.6. The predicted octanol–water partition coefficient (Wildman–Crippen LogP) is 3.94. The molecule has 0 aliphatic carbocycles. The van der Waals surface area contributed by atoms with Gasteiger partial charge in [-0.2, -0.15) is 13.2 Å². The normalized spacial score (nSPS) is 18.9. The smallest absolute Gasteiger partial charge is 0.311 e. The van der Waals surface area contributed by atoms with Crippen molar-refractivity contribution in [1.29, 1.82) is 0 Å². The van der Waals surface area contributed by atoms with Crippen LogP contribution in [0.1, 0.15) is 18.9 Å². The summed E-state index contributed by atoms with van der Waals surface area (Å²) in [5.74, 6) is 0.473. The van der Waals surface area contributed by atoms with Crippen LogP contribution in [0, 0.1) is 9.49 Å². The van der Waals surface area contributed by atoms with Crippen LogP contribution in [0.5, 0.6) is 0 Å². The van der Waals surface area contributed by atoms with Gasteiger partial charge in [0.15, 0.2) is 5.12 Å². The molecule has 1 saturated heterocycles. The topological polar surface area (TPSA) is 37.4 Å². The third-order valence-electron chi connectivity index (χ3n) is 3.29. The van der Waals surface area contributed by atoms with Crippen molar-refractivity contribution in [2.75, 3.05) is 17.2 Å². The largest absolute Gasteiger partial charge is 0.416 e. The number of nitrogens with zero attached hydrogens (tertiary/aromatic N) is 1. The van der Waals surface area contributed by atoms with E-state index in [1.165, 1.54) is 29.7 Å². The van der Waals surface area contributed by atoms with Crippen molar-refractivity contribution in [2.24, 2.45) is 5.92 Å². The van der Waals surface area contributed by atoms with Gasteiger partial charge >= 0.3 is 6.18 Å². The molecule has 1 unspecified atom stereocenters. The molecule has 1 amide bonds. The minimum Gasteiger partial charge on any atom is -0.311 e. The van der Waals surface area contributed by atoms with E-state index in [4.69, 9.17) is 0 Å². The summed E-state index contributed by atoms with van der Waals surface area (Å²) in [5, 5.41) is -0.00462. The molecule has 3 nitrogen and oxygen atoms in total. The molecular weight excluding hydrogens is 430 g/mol. The molecule has 0 spiro atoms. The first-order valence-electron chi connectivity index (χ1n) is 6.49. The summed E-state index contributed by atoms with van der Waals surface area (Å²) in [6, 6.07) is 3.37. The van der Waals surface area contributed by atoms with Gasteiger partial charge in [-0.3, -0.25) is 9.59 Å². The van der Waals surface area contributed by atoms with Gasteiger partial charge in [-0.25, -0.2) is 0 Å². The molecule has 22 heavy (non-hydrogen) atoms. The molecule has 0 bridgehead atoms. The van der Waals surface area contributed by atoms with Crippen molar-refractivity contribution in [2.45, 2.75) is 19.5 Å². The maximum atomic E-state index is 12.7. The second-order valence-corrected chi connectivity index (χ2v) is 7.40. The molecule has 120 valence electrons. The summed E-state index contributed by atoms with van der Waals surface area (Å²) in [6.07, 6.45) is -4.08. The average Bonchev–Trinajstić information content (AvgIpc) is 2.76.